The molecule has 0 aliphatic carbocycles. The number of aromatic nitrogens is 4. The van der Waals surface area contributed by atoms with Crippen molar-refractivity contribution in [3.63, 3.8) is 0 Å². The van der Waals surface area contributed by atoms with Crippen LogP contribution in [-0.4, -0.2) is 32.8 Å². The van der Waals surface area contributed by atoms with Crippen LogP contribution in [0.5, 0.6) is 5.75 Å². The molecule has 0 aliphatic rings. The number of aryl methyl sites for hydroxylation is 1. The highest BCUT2D eigenvalue weighted by Crippen LogP contribution is 2.33. The van der Waals surface area contributed by atoms with E-state index in [1.807, 2.05) is 18.2 Å². The third kappa shape index (κ3) is 3.03. The fourth-order valence-corrected chi connectivity index (χ4v) is 3.20. The summed E-state index contributed by atoms with van der Waals surface area (Å²) in [4.78, 5) is 16.2. The van der Waals surface area contributed by atoms with E-state index in [0.29, 0.717) is 11.4 Å². The molecule has 0 radical (unpaired) electrons. The number of methoxy groups -OCH3 is 1. The highest BCUT2D eigenvalue weighted by atomic mass is 16.5. The first kappa shape index (κ1) is 16.8. The zero-order chi connectivity index (χ0) is 18.8. The van der Waals surface area contributed by atoms with Crippen molar-refractivity contribution < 1.29 is 9.53 Å². The molecule has 4 aromatic rings. The van der Waals surface area contributed by atoms with Gasteiger partial charge in [0.15, 0.2) is 5.82 Å². The number of aromatic amines is 1. The number of hydrogen-bond acceptors (Lipinski definition) is 4. The highest BCUT2D eigenvalue weighted by molar-refractivity contribution is 6.03. The summed E-state index contributed by atoms with van der Waals surface area (Å²) in [6.07, 6.45) is 3.14. The Bertz CT molecular complexity index is 1100. The number of nitrogens with zero attached hydrogens (tertiary/aromatic N) is 3. The van der Waals surface area contributed by atoms with Gasteiger partial charge in [-0.05, 0) is 37.3 Å². The molecule has 0 bridgehead atoms. The molecule has 27 heavy (non-hydrogen) atoms. The molecule has 0 fully saturated rings. The average molecular weight is 361 g/mol. The Kier molecular flexibility index (Phi) is 4.33. The van der Waals surface area contributed by atoms with Gasteiger partial charge < -0.3 is 14.6 Å². The fourth-order valence-electron chi connectivity index (χ4n) is 3.20. The molecule has 0 saturated carbocycles. The molecule has 4 rings (SSSR count). The quantitative estimate of drug-likeness (QED) is 0.567. The molecule has 7 nitrogen and oxygen atoms in total. The number of anilines is 1. The Balaban J connectivity index is 1.68. The zero-order valence-electron chi connectivity index (χ0n) is 15.1. The van der Waals surface area contributed by atoms with Gasteiger partial charge in [0.1, 0.15) is 5.75 Å². The molecule has 7 heteroatoms. The standard InChI is InChI=1S/C20H19N5O2/c1-3-25-16-7-4-8-18(27-2)14(16)10-17(25)15-11-19(24-23-15)22-20(26)13-6-5-9-21-12-13/h4-12H,3H2,1-2H3,(H2,22,23,24,26). The van der Waals surface area contributed by atoms with Gasteiger partial charge in [0.25, 0.3) is 5.91 Å². The predicted octanol–water partition coefficient (Wildman–Crippen LogP) is 3.71. The summed E-state index contributed by atoms with van der Waals surface area (Å²) in [6.45, 7) is 2.88. The second kappa shape index (κ2) is 6.95. The monoisotopic (exact) mass is 361 g/mol. The molecule has 3 heterocycles. The molecule has 1 aromatic carbocycles. The van der Waals surface area contributed by atoms with Crippen LogP contribution >= 0.6 is 0 Å². The van der Waals surface area contributed by atoms with Gasteiger partial charge in [-0.3, -0.25) is 14.9 Å². The number of amides is 1. The van der Waals surface area contributed by atoms with E-state index in [1.165, 1.54) is 6.20 Å². The lowest BCUT2D eigenvalue weighted by Gasteiger charge is -2.06. The van der Waals surface area contributed by atoms with E-state index in [-0.39, 0.29) is 5.91 Å². The van der Waals surface area contributed by atoms with E-state index in [9.17, 15) is 4.79 Å². The number of nitrogens with one attached hydrogen (secondary N) is 2. The number of ether oxygens (including phenoxy) is 1. The van der Waals surface area contributed by atoms with Crippen molar-refractivity contribution >= 4 is 22.6 Å². The molecule has 3 aromatic heterocycles. The average Bonchev–Trinajstić information content (AvgIpc) is 3.32. The van der Waals surface area contributed by atoms with Crippen LogP contribution in [0.1, 0.15) is 17.3 Å². The summed E-state index contributed by atoms with van der Waals surface area (Å²) in [5, 5.41) is 11.1. The molecular weight excluding hydrogens is 342 g/mol. The number of pyridine rings is 1. The number of fused-ring (bicyclic) bond motifs is 1. The Morgan fingerprint density at radius 1 is 1.26 bits per heavy atom. The maximum atomic E-state index is 12.3. The normalized spacial score (nSPS) is 10.9. The summed E-state index contributed by atoms with van der Waals surface area (Å²) in [5.41, 5.74) is 3.36. The highest BCUT2D eigenvalue weighted by Gasteiger charge is 2.15. The van der Waals surface area contributed by atoms with Crippen LogP contribution in [0.25, 0.3) is 22.3 Å². The lowest BCUT2D eigenvalue weighted by molar-refractivity contribution is 0.102. The van der Waals surface area contributed by atoms with Gasteiger partial charge in [-0.25, -0.2) is 0 Å². The SMILES string of the molecule is CCn1c(-c2cc(NC(=O)c3cccnc3)n[nH]2)cc2c(OC)cccc21. The van der Waals surface area contributed by atoms with Gasteiger partial charge in [0, 0.05) is 30.4 Å². The first-order valence-corrected chi connectivity index (χ1v) is 8.64. The minimum Gasteiger partial charge on any atom is -0.496 e. The van der Waals surface area contributed by atoms with E-state index >= 15 is 0 Å². The van der Waals surface area contributed by atoms with Crippen molar-refractivity contribution in [2.75, 3.05) is 12.4 Å². The van der Waals surface area contributed by atoms with E-state index < -0.39 is 0 Å². The summed E-state index contributed by atoms with van der Waals surface area (Å²) in [7, 11) is 1.67. The van der Waals surface area contributed by atoms with Crippen LogP contribution in [0.4, 0.5) is 5.82 Å². The smallest absolute Gasteiger partial charge is 0.258 e. The topological polar surface area (TPSA) is 84.8 Å². The molecule has 0 atom stereocenters. The van der Waals surface area contributed by atoms with E-state index in [2.05, 4.69) is 44.1 Å². The molecular formula is C20H19N5O2. The van der Waals surface area contributed by atoms with Crippen molar-refractivity contribution in [1.82, 2.24) is 19.7 Å². The molecule has 0 unspecified atom stereocenters. The van der Waals surface area contributed by atoms with E-state index in [4.69, 9.17) is 4.74 Å². The first-order valence-electron chi connectivity index (χ1n) is 8.64. The van der Waals surface area contributed by atoms with Crippen molar-refractivity contribution in [2.24, 2.45) is 0 Å². The number of carbonyl (C=O) groups excluding carboxylic acids is 1. The van der Waals surface area contributed by atoms with E-state index in [0.717, 1.165) is 34.6 Å². The maximum absolute atomic E-state index is 12.3. The minimum absolute atomic E-state index is 0.251. The molecule has 0 saturated heterocycles. The number of H-pyrrole nitrogens is 1. The second-order valence-corrected chi connectivity index (χ2v) is 6.03. The van der Waals surface area contributed by atoms with Gasteiger partial charge in [0.2, 0.25) is 0 Å². The van der Waals surface area contributed by atoms with Gasteiger partial charge in [-0.2, -0.15) is 5.10 Å². The van der Waals surface area contributed by atoms with Crippen molar-refractivity contribution in [1.29, 1.82) is 0 Å². The van der Waals surface area contributed by atoms with Crippen LogP contribution in [0.2, 0.25) is 0 Å². The Morgan fingerprint density at radius 2 is 2.15 bits per heavy atom. The molecule has 2 N–H and O–H groups in total. The third-order valence-corrected chi connectivity index (χ3v) is 4.46. The largest absolute Gasteiger partial charge is 0.496 e. The van der Waals surface area contributed by atoms with Crippen LogP contribution in [0.3, 0.4) is 0 Å². The molecule has 1 amide bonds. The van der Waals surface area contributed by atoms with Crippen molar-refractivity contribution in [3.8, 4) is 17.1 Å². The van der Waals surface area contributed by atoms with E-state index in [1.54, 1.807) is 25.4 Å². The van der Waals surface area contributed by atoms with Crippen molar-refractivity contribution in [2.45, 2.75) is 13.5 Å². The number of rotatable bonds is 5. The summed E-state index contributed by atoms with van der Waals surface area (Å²) in [6, 6.07) is 13.3. The first-order chi connectivity index (χ1) is 13.2. The summed E-state index contributed by atoms with van der Waals surface area (Å²) in [5.74, 6) is 1.03. The minimum atomic E-state index is -0.251. The molecule has 0 spiro atoms. The Hall–Kier alpha value is -3.61. The van der Waals surface area contributed by atoms with Gasteiger partial charge in [-0.1, -0.05) is 6.07 Å². The lowest BCUT2D eigenvalue weighted by atomic mass is 10.2. The third-order valence-electron chi connectivity index (χ3n) is 4.46. The molecule has 136 valence electrons. The van der Waals surface area contributed by atoms with Crippen LogP contribution in [0.15, 0.2) is 54.9 Å². The van der Waals surface area contributed by atoms with Gasteiger partial charge in [0.05, 0.1) is 29.6 Å². The zero-order valence-corrected chi connectivity index (χ0v) is 15.1. The summed E-state index contributed by atoms with van der Waals surface area (Å²) >= 11 is 0. The number of hydrogen-bond donors (Lipinski definition) is 2. The lowest BCUT2D eigenvalue weighted by Crippen LogP contribution is -2.12. The van der Waals surface area contributed by atoms with Gasteiger partial charge >= 0.3 is 0 Å². The van der Waals surface area contributed by atoms with Gasteiger partial charge in [-0.15, -0.1) is 0 Å². The van der Waals surface area contributed by atoms with Crippen LogP contribution in [-0.2, 0) is 6.54 Å². The second-order valence-electron chi connectivity index (χ2n) is 6.03. The number of benzene rings is 1. The maximum Gasteiger partial charge on any atom is 0.258 e. The Morgan fingerprint density at radius 3 is 2.89 bits per heavy atom. The van der Waals surface area contributed by atoms with Crippen LogP contribution in [0, 0.1) is 0 Å². The fraction of sp³-hybridized carbons (Fsp3) is 0.150. The molecule has 0 aliphatic heterocycles. The predicted molar refractivity (Wildman–Crippen MR) is 104 cm³/mol. The Labute approximate surface area is 156 Å². The van der Waals surface area contributed by atoms with Crippen molar-refractivity contribution in [3.05, 3.63) is 60.4 Å². The van der Waals surface area contributed by atoms with Crippen LogP contribution < -0.4 is 10.1 Å². The number of carbonyl (C=O) groups is 1. The summed E-state index contributed by atoms with van der Waals surface area (Å²) < 4.78 is 7.66.